The van der Waals surface area contributed by atoms with Crippen molar-refractivity contribution in [1.29, 1.82) is 0 Å². The van der Waals surface area contributed by atoms with Crippen molar-refractivity contribution in [2.75, 3.05) is 0 Å². The maximum atomic E-state index is 12.3. The monoisotopic (exact) mass is 286 g/mol. The van der Waals surface area contributed by atoms with E-state index in [1.165, 1.54) is 0 Å². The van der Waals surface area contributed by atoms with Crippen LogP contribution in [0.2, 0.25) is 0 Å². The van der Waals surface area contributed by atoms with Crippen LogP contribution in [-0.4, -0.2) is 28.0 Å². The first-order chi connectivity index (χ1) is 10.1. The number of hydrogen-bond acceptors (Lipinski definition) is 3. The van der Waals surface area contributed by atoms with Crippen molar-refractivity contribution in [2.45, 2.75) is 32.2 Å². The average Bonchev–Trinajstić information content (AvgIpc) is 2.50. The molecule has 0 saturated carbocycles. The Kier molecular flexibility index (Phi) is 4.87. The van der Waals surface area contributed by atoms with E-state index in [1.54, 1.807) is 30.6 Å². The number of aliphatic carboxylic acids is 1. The first-order valence-corrected chi connectivity index (χ1v) is 7.00. The topological polar surface area (TPSA) is 79.3 Å². The van der Waals surface area contributed by atoms with Crippen LogP contribution in [0.4, 0.5) is 0 Å². The Balaban J connectivity index is 2.23. The molecule has 1 aromatic heterocycles. The molecule has 0 bridgehead atoms. The number of carbonyl (C=O) groups is 2. The lowest BCUT2D eigenvalue weighted by Gasteiger charge is -2.15. The van der Waals surface area contributed by atoms with Gasteiger partial charge in [0.05, 0.1) is 0 Å². The fourth-order valence-corrected chi connectivity index (χ4v) is 2.22. The van der Waals surface area contributed by atoms with E-state index in [0.29, 0.717) is 12.0 Å². The Morgan fingerprint density at radius 1 is 1.33 bits per heavy atom. The summed E-state index contributed by atoms with van der Waals surface area (Å²) in [6.45, 7) is 1.98. The zero-order valence-corrected chi connectivity index (χ0v) is 11.9. The Bertz CT molecular complexity index is 650. The molecule has 0 fully saturated rings. The minimum atomic E-state index is -1.00. The summed E-state index contributed by atoms with van der Waals surface area (Å²) in [5.74, 6) is -1.37. The van der Waals surface area contributed by atoms with E-state index in [4.69, 9.17) is 0 Å². The Morgan fingerprint density at radius 2 is 2.14 bits per heavy atom. The molecule has 0 aliphatic carbocycles. The second-order valence-electron chi connectivity index (χ2n) is 4.91. The van der Waals surface area contributed by atoms with Gasteiger partial charge in [-0.3, -0.25) is 9.78 Å². The number of nitrogens with one attached hydrogen (secondary N) is 1. The molecule has 0 radical (unpaired) electrons. The number of aromatic nitrogens is 1. The van der Waals surface area contributed by atoms with Crippen molar-refractivity contribution in [1.82, 2.24) is 10.3 Å². The highest BCUT2D eigenvalue weighted by Gasteiger charge is 2.20. The molecule has 5 nitrogen and oxygen atoms in total. The fourth-order valence-electron chi connectivity index (χ4n) is 2.22. The lowest BCUT2D eigenvalue weighted by Crippen LogP contribution is -2.40. The van der Waals surface area contributed by atoms with Crippen LogP contribution < -0.4 is 5.32 Å². The number of pyridine rings is 1. The normalized spacial score (nSPS) is 12.0. The molecule has 0 spiro atoms. The minimum Gasteiger partial charge on any atom is -0.480 e. The number of carboxylic acids is 1. The zero-order chi connectivity index (χ0) is 15.2. The number of carboxylic acid groups (broad SMARTS) is 1. The third kappa shape index (κ3) is 3.56. The number of amides is 1. The lowest BCUT2D eigenvalue weighted by atomic mass is 10.0. The summed E-state index contributed by atoms with van der Waals surface area (Å²) in [6.07, 6.45) is 5.38. The van der Waals surface area contributed by atoms with Crippen LogP contribution in [0.3, 0.4) is 0 Å². The molecule has 1 heterocycles. The van der Waals surface area contributed by atoms with Crippen molar-refractivity contribution in [3.8, 4) is 0 Å². The maximum absolute atomic E-state index is 12.3. The van der Waals surface area contributed by atoms with Crippen molar-refractivity contribution in [2.24, 2.45) is 0 Å². The standard InChI is InChI=1S/C16H18N2O3/c1-2-3-7-14(16(20)21)18-15(19)13-6-4-5-11-10-17-9-8-12(11)13/h4-6,8-10,14H,2-3,7H2,1H3,(H,18,19)(H,20,21)/t14-/m0/s1. The Morgan fingerprint density at radius 3 is 2.86 bits per heavy atom. The van der Waals surface area contributed by atoms with Crippen LogP contribution in [0.25, 0.3) is 10.8 Å². The summed E-state index contributed by atoms with van der Waals surface area (Å²) in [4.78, 5) is 27.6. The Labute approximate surface area is 123 Å². The highest BCUT2D eigenvalue weighted by atomic mass is 16.4. The van der Waals surface area contributed by atoms with Gasteiger partial charge < -0.3 is 10.4 Å². The van der Waals surface area contributed by atoms with E-state index in [0.717, 1.165) is 23.6 Å². The van der Waals surface area contributed by atoms with Gasteiger partial charge in [-0.15, -0.1) is 0 Å². The van der Waals surface area contributed by atoms with Gasteiger partial charge in [0.2, 0.25) is 0 Å². The van der Waals surface area contributed by atoms with Crippen LogP contribution in [-0.2, 0) is 4.79 Å². The molecule has 0 unspecified atom stereocenters. The molecule has 110 valence electrons. The largest absolute Gasteiger partial charge is 0.480 e. The van der Waals surface area contributed by atoms with Gasteiger partial charge in [-0.05, 0) is 23.9 Å². The number of benzene rings is 1. The summed E-state index contributed by atoms with van der Waals surface area (Å²) >= 11 is 0. The SMILES string of the molecule is CCCC[C@H](NC(=O)c1cccc2cnccc12)C(=O)O. The quantitative estimate of drug-likeness (QED) is 0.855. The van der Waals surface area contributed by atoms with Gasteiger partial charge in [0.15, 0.2) is 0 Å². The second-order valence-corrected chi connectivity index (χ2v) is 4.91. The van der Waals surface area contributed by atoms with Crippen LogP contribution in [0.1, 0.15) is 36.5 Å². The smallest absolute Gasteiger partial charge is 0.326 e. The van der Waals surface area contributed by atoms with Gasteiger partial charge in [-0.1, -0.05) is 31.9 Å². The van der Waals surface area contributed by atoms with E-state index in [2.05, 4.69) is 10.3 Å². The minimum absolute atomic E-state index is 0.365. The molecule has 1 amide bonds. The summed E-state index contributed by atoms with van der Waals surface area (Å²) < 4.78 is 0. The van der Waals surface area contributed by atoms with Crippen LogP contribution in [0.5, 0.6) is 0 Å². The van der Waals surface area contributed by atoms with Gasteiger partial charge in [0, 0.05) is 23.3 Å². The van der Waals surface area contributed by atoms with Crippen LogP contribution >= 0.6 is 0 Å². The predicted octanol–water partition coefficient (Wildman–Crippen LogP) is 2.61. The van der Waals surface area contributed by atoms with Gasteiger partial charge in [0.25, 0.3) is 5.91 Å². The highest BCUT2D eigenvalue weighted by molar-refractivity contribution is 6.07. The van der Waals surface area contributed by atoms with E-state index in [-0.39, 0.29) is 5.91 Å². The zero-order valence-electron chi connectivity index (χ0n) is 11.9. The molecule has 21 heavy (non-hydrogen) atoms. The Hall–Kier alpha value is -2.43. The first-order valence-electron chi connectivity index (χ1n) is 7.00. The molecular formula is C16H18N2O3. The first kappa shape index (κ1) is 15.0. The second kappa shape index (κ2) is 6.83. The molecule has 0 aliphatic heterocycles. The highest BCUT2D eigenvalue weighted by Crippen LogP contribution is 2.17. The molecule has 2 aromatic rings. The molecule has 1 atom stereocenters. The number of rotatable bonds is 6. The summed E-state index contributed by atoms with van der Waals surface area (Å²) in [7, 11) is 0. The van der Waals surface area contributed by atoms with Crippen LogP contribution in [0, 0.1) is 0 Å². The molecular weight excluding hydrogens is 268 g/mol. The average molecular weight is 286 g/mol. The summed E-state index contributed by atoms with van der Waals surface area (Å²) in [6, 6.07) is 6.23. The lowest BCUT2D eigenvalue weighted by molar-refractivity contribution is -0.139. The molecule has 2 N–H and O–H groups in total. The van der Waals surface area contributed by atoms with Crippen molar-refractivity contribution in [3.63, 3.8) is 0 Å². The summed E-state index contributed by atoms with van der Waals surface area (Å²) in [5.41, 5.74) is 0.470. The van der Waals surface area contributed by atoms with E-state index < -0.39 is 12.0 Å². The predicted molar refractivity (Wildman–Crippen MR) is 80.2 cm³/mol. The number of hydrogen-bond donors (Lipinski definition) is 2. The van der Waals surface area contributed by atoms with Gasteiger partial charge in [-0.2, -0.15) is 0 Å². The number of fused-ring (bicyclic) bond motifs is 1. The van der Waals surface area contributed by atoms with E-state index in [9.17, 15) is 14.7 Å². The fraction of sp³-hybridized carbons (Fsp3) is 0.312. The summed E-state index contributed by atoms with van der Waals surface area (Å²) in [5, 5.41) is 13.4. The maximum Gasteiger partial charge on any atom is 0.326 e. The number of unbranched alkanes of at least 4 members (excludes halogenated alkanes) is 1. The number of carbonyl (C=O) groups excluding carboxylic acids is 1. The third-order valence-electron chi connectivity index (χ3n) is 3.38. The molecule has 0 aliphatic rings. The van der Waals surface area contributed by atoms with Crippen molar-refractivity contribution >= 4 is 22.6 Å². The van der Waals surface area contributed by atoms with Gasteiger partial charge >= 0.3 is 5.97 Å². The van der Waals surface area contributed by atoms with Crippen molar-refractivity contribution in [3.05, 3.63) is 42.2 Å². The van der Waals surface area contributed by atoms with Crippen molar-refractivity contribution < 1.29 is 14.7 Å². The molecule has 0 saturated heterocycles. The van der Waals surface area contributed by atoms with Gasteiger partial charge in [-0.25, -0.2) is 4.79 Å². The van der Waals surface area contributed by atoms with E-state index >= 15 is 0 Å². The molecule has 2 rings (SSSR count). The number of nitrogens with zero attached hydrogens (tertiary/aromatic N) is 1. The molecule has 5 heteroatoms. The van der Waals surface area contributed by atoms with Gasteiger partial charge in [0.1, 0.15) is 6.04 Å². The third-order valence-corrected chi connectivity index (χ3v) is 3.38. The van der Waals surface area contributed by atoms with Crippen LogP contribution in [0.15, 0.2) is 36.7 Å². The molecule has 1 aromatic carbocycles. The van der Waals surface area contributed by atoms with E-state index in [1.807, 2.05) is 13.0 Å².